The fourth-order valence-electron chi connectivity index (χ4n) is 1.99. The number of halogens is 1. The topological polar surface area (TPSA) is 57.5 Å². The summed E-state index contributed by atoms with van der Waals surface area (Å²) in [5, 5.41) is 20.7. The third kappa shape index (κ3) is 2.71. The van der Waals surface area contributed by atoms with E-state index in [9.17, 15) is 9.90 Å². The minimum atomic E-state index is -0.893. The Morgan fingerprint density at radius 2 is 1.83 bits per heavy atom. The minimum absolute atomic E-state index is 0.0362. The maximum absolute atomic E-state index is 10.5. The van der Waals surface area contributed by atoms with Gasteiger partial charge in [0.05, 0.1) is 6.10 Å². The lowest BCUT2D eigenvalue weighted by Gasteiger charge is -2.13. The van der Waals surface area contributed by atoms with Gasteiger partial charge >= 0.3 is 5.97 Å². The summed E-state index contributed by atoms with van der Waals surface area (Å²) in [6, 6.07) is 11.4. The molecule has 18 heavy (non-hydrogen) atoms. The van der Waals surface area contributed by atoms with Crippen molar-refractivity contribution < 1.29 is 15.0 Å². The van der Waals surface area contributed by atoms with Crippen LogP contribution in [0.15, 0.2) is 40.9 Å². The Bertz CT molecular complexity index is 580. The van der Waals surface area contributed by atoms with Crippen LogP contribution in [-0.4, -0.2) is 16.2 Å². The zero-order chi connectivity index (χ0) is 13.1. The van der Waals surface area contributed by atoms with Crippen molar-refractivity contribution in [1.29, 1.82) is 0 Å². The molecule has 0 aliphatic rings. The number of hydrogen-bond acceptors (Lipinski definition) is 2. The Hall–Kier alpha value is -1.39. The van der Waals surface area contributed by atoms with Gasteiger partial charge in [0, 0.05) is 10.9 Å². The van der Waals surface area contributed by atoms with E-state index >= 15 is 0 Å². The average Bonchev–Trinajstić information content (AvgIpc) is 2.37. The second kappa shape index (κ2) is 5.50. The normalized spacial score (nSPS) is 12.6. The van der Waals surface area contributed by atoms with E-state index in [1.807, 2.05) is 36.4 Å². The largest absolute Gasteiger partial charge is 0.481 e. The predicted octanol–water partition coefficient (Wildman–Crippen LogP) is 3.50. The first-order chi connectivity index (χ1) is 8.59. The van der Waals surface area contributed by atoms with Crippen LogP contribution in [0.2, 0.25) is 0 Å². The molecule has 0 saturated heterocycles. The molecule has 0 aliphatic heterocycles. The van der Waals surface area contributed by atoms with Crippen molar-refractivity contribution in [3.05, 3.63) is 46.4 Å². The Kier molecular flexibility index (Phi) is 3.99. The predicted molar refractivity (Wildman–Crippen MR) is 73.5 cm³/mol. The molecule has 2 aromatic rings. The lowest BCUT2D eigenvalue weighted by molar-refractivity contribution is -0.137. The van der Waals surface area contributed by atoms with Crippen molar-refractivity contribution in [3.63, 3.8) is 0 Å². The number of carboxylic acids is 1. The van der Waals surface area contributed by atoms with Gasteiger partial charge in [0.15, 0.2) is 0 Å². The van der Waals surface area contributed by atoms with Gasteiger partial charge in [0.2, 0.25) is 0 Å². The van der Waals surface area contributed by atoms with Gasteiger partial charge in [-0.15, -0.1) is 0 Å². The summed E-state index contributed by atoms with van der Waals surface area (Å²) in [7, 11) is 0. The third-order valence-corrected chi connectivity index (χ3v) is 3.59. The molecular formula is C14H13BrO3. The first-order valence-corrected chi connectivity index (χ1v) is 6.46. The second-order valence-electron chi connectivity index (χ2n) is 4.13. The summed E-state index contributed by atoms with van der Waals surface area (Å²) in [6.07, 6.45) is -0.564. The quantitative estimate of drug-likeness (QED) is 0.909. The highest BCUT2D eigenvalue weighted by Crippen LogP contribution is 2.31. The van der Waals surface area contributed by atoms with Gasteiger partial charge in [-0.05, 0) is 28.8 Å². The van der Waals surface area contributed by atoms with Crippen LogP contribution in [0.4, 0.5) is 0 Å². The zero-order valence-corrected chi connectivity index (χ0v) is 11.2. The van der Waals surface area contributed by atoms with E-state index in [-0.39, 0.29) is 12.8 Å². The standard InChI is InChI=1S/C14H13BrO3/c15-12-6-5-11(13(16)7-8-14(17)18)9-3-1-2-4-10(9)12/h1-6,13,16H,7-8H2,(H,17,18)/t13-/m1/s1. The van der Waals surface area contributed by atoms with Crippen LogP contribution in [-0.2, 0) is 4.79 Å². The van der Waals surface area contributed by atoms with Crippen molar-refractivity contribution >= 4 is 32.7 Å². The number of aliphatic hydroxyl groups is 1. The van der Waals surface area contributed by atoms with Gasteiger partial charge in [-0.1, -0.05) is 46.3 Å². The highest BCUT2D eigenvalue weighted by Gasteiger charge is 2.13. The summed E-state index contributed by atoms with van der Waals surface area (Å²) < 4.78 is 0.965. The zero-order valence-electron chi connectivity index (χ0n) is 9.64. The van der Waals surface area contributed by atoms with E-state index in [1.54, 1.807) is 0 Å². The summed E-state index contributed by atoms with van der Waals surface area (Å²) in [6.45, 7) is 0. The van der Waals surface area contributed by atoms with Crippen molar-refractivity contribution in [2.45, 2.75) is 18.9 Å². The Balaban J connectivity index is 2.39. The van der Waals surface area contributed by atoms with Gasteiger partial charge in [0.25, 0.3) is 0 Å². The minimum Gasteiger partial charge on any atom is -0.481 e. The lowest BCUT2D eigenvalue weighted by Crippen LogP contribution is -2.03. The van der Waals surface area contributed by atoms with Crippen molar-refractivity contribution in [1.82, 2.24) is 0 Å². The number of fused-ring (bicyclic) bond motifs is 1. The van der Waals surface area contributed by atoms with E-state index in [1.165, 1.54) is 0 Å². The van der Waals surface area contributed by atoms with Crippen LogP contribution in [0.25, 0.3) is 10.8 Å². The summed E-state index contributed by atoms with van der Waals surface area (Å²) in [5.74, 6) is -0.893. The molecule has 0 heterocycles. The molecule has 1 atom stereocenters. The number of aliphatic hydroxyl groups excluding tert-OH is 1. The molecule has 0 unspecified atom stereocenters. The summed E-state index contributed by atoms with van der Waals surface area (Å²) in [4.78, 5) is 10.5. The molecule has 0 radical (unpaired) electrons. The molecule has 2 N–H and O–H groups in total. The molecule has 2 rings (SSSR count). The van der Waals surface area contributed by atoms with E-state index in [0.717, 1.165) is 20.8 Å². The highest BCUT2D eigenvalue weighted by molar-refractivity contribution is 9.10. The van der Waals surface area contributed by atoms with Crippen LogP contribution >= 0.6 is 15.9 Å². The van der Waals surface area contributed by atoms with E-state index in [0.29, 0.717) is 0 Å². The number of benzene rings is 2. The maximum atomic E-state index is 10.5. The number of hydrogen-bond donors (Lipinski definition) is 2. The molecule has 0 saturated carbocycles. The van der Waals surface area contributed by atoms with Crippen molar-refractivity contribution in [2.75, 3.05) is 0 Å². The molecule has 94 valence electrons. The number of carboxylic acid groups (broad SMARTS) is 1. The monoisotopic (exact) mass is 308 g/mol. The smallest absolute Gasteiger partial charge is 0.303 e. The second-order valence-corrected chi connectivity index (χ2v) is 4.98. The third-order valence-electron chi connectivity index (χ3n) is 2.90. The molecule has 0 amide bonds. The van der Waals surface area contributed by atoms with Crippen molar-refractivity contribution in [2.24, 2.45) is 0 Å². The first kappa shape index (κ1) is 13.1. The molecule has 4 heteroatoms. The fourth-order valence-corrected chi connectivity index (χ4v) is 2.47. The van der Waals surface area contributed by atoms with Gasteiger partial charge in [-0.25, -0.2) is 0 Å². The van der Waals surface area contributed by atoms with Crippen LogP contribution in [0.5, 0.6) is 0 Å². The number of rotatable bonds is 4. The van der Waals surface area contributed by atoms with Crippen LogP contribution in [0.3, 0.4) is 0 Å². The Morgan fingerprint density at radius 3 is 2.50 bits per heavy atom. The molecule has 3 nitrogen and oxygen atoms in total. The molecule has 0 aliphatic carbocycles. The SMILES string of the molecule is O=C(O)CC[C@@H](O)c1ccc(Br)c2ccccc12. The molecule has 0 spiro atoms. The molecular weight excluding hydrogens is 296 g/mol. The summed E-state index contributed by atoms with van der Waals surface area (Å²) in [5.41, 5.74) is 0.773. The molecule has 0 aromatic heterocycles. The molecule has 0 fully saturated rings. The Morgan fingerprint density at radius 1 is 1.17 bits per heavy atom. The van der Waals surface area contributed by atoms with Gasteiger partial charge in [-0.3, -0.25) is 4.79 Å². The lowest BCUT2D eigenvalue weighted by atomic mass is 9.98. The molecule has 2 aromatic carbocycles. The highest BCUT2D eigenvalue weighted by atomic mass is 79.9. The Labute approximate surface area is 113 Å². The number of aliphatic carboxylic acids is 1. The van der Waals surface area contributed by atoms with Gasteiger partial charge in [0.1, 0.15) is 0 Å². The van der Waals surface area contributed by atoms with Crippen molar-refractivity contribution in [3.8, 4) is 0 Å². The van der Waals surface area contributed by atoms with Gasteiger partial charge in [-0.2, -0.15) is 0 Å². The van der Waals surface area contributed by atoms with E-state index in [4.69, 9.17) is 5.11 Å². The first-order valence-electron chi connectivity index (χ1n) is 5.66. The van der Waals surface area contributed by atoms with Crippen LogP contribution < -0.4 is 0 Å². The maximum Gasteiger partial charge on any atom is 0.303 e. The van der Waals surface area contributed by atoms with E-state index in [2.05, 4.69) is 15.9 Å². The van der Waals surface area contributed by atoms with Gasteiger partial charge < -0.3 is 10.2 Å². The fraction of sp³-hybridized carbons (Fsp3) is 0.214. The van der Waals surface area contributed by atoms with E-state index < -0.39 is 12.1 Å². The van der Waals surface area contributed by atoms with Crippen LogP contribution in [0.1, 0.15) is 24.5 Å². The molecule has 0 bridgehead atoms. The summed E-state index contributed by atoms with van der Waals surface area (Å²) >= 11 is 3.47. The van der Waals surface area contributed by atoms with Crippen LogP contribution in [0, 0.1) is 0 Å². The average molecular weight is 309 g/mol. The number of carbonyl (C=O) groups is 1.